The third-order valence-corrected chi connectivity index (χ3v) is 2.82. The molecule has 1 aromatic heterocycles. The van der Waals surface area contributed by atoms with Gasteiger partial charge in [-0.05, 0) is 0 Å². The Hall–Kier alpha value is -0.940. The molecule has 0 bridgehead atoms. The first-order chi connectivity index (χ1) is 6.00. The van der Waals surface area contributed by atoms with Crippen molar-refractivity contribution in [3.8, 4) is 0 Å². The Bertz CT molecular complexity index is 361. The van der Waals surface area contributed by atoms with Gasteiger partial charge in [0.1, 0.15) is 9.88 Å². The van der Waals surface area contributed by atoms with E-state index in [9.17, 15) is 9.59 Å². The Morgan fingerprint density at radius 1 is 1.62 bits per heavy atom. The Labute approximate surface area is 83.7 Å². The summed E-state index contributed by atoms with van der Waals surface area (Å²) in [5.41, 5.74) is 4.96. The molecule has 1 heterocycles. The van der Waals surface area contributed by atoms with E-state index in [4.69, 9.17) is 17.3 Å². The summed E-state index contributed by atoms with van der Waals surface area (Å²) in [7, 11) is 0. The lowest BCUT2D eigenvalue weighted by molar-refractivity contribution is -0.117. The van der Waals surface area contributed by atoms with Crippen LogP contribution in [0.4, 0.5) is 0 Å². The van der Waals surface area contributed by atoms with Crippen molar-refractivity contribution in [2.24, 2.45) is 5.73 Å². The number of thiazole rings is 1. The van der Waals surface area contributed by atoms with Crippen molar-refractivity contribution in [3.63, 3.8) is 0 Å². The molecule has 0 aliphatic heterocycles. The van der Waals surface area contributed by atoms with Gasteiger partial charge in [-0.15, -0.1) is 11.3 Å². The van der Waals surface area contributed by atoms with Crippen LogP contribution in [0.5, 0.6) is 0 Å². The number of ketones is 1. The zero-order valence-electron chi connectivity index (χ0n) is 6.83. The highest BCUT2D eigenvalue weighted by molar-refractivity contribution is 7.14. The van der Waals surface area contributed by atoms with Gasteiger partial charge in [-0.1, -0.05) is 11.6 Å². The van der Waals surface area contributed by atoms with Crippen molar-refractivity contribution < 1.29 is 9.59 Å². The fraction of sp³-hybridized carbons (Fsp3) is 0.286. The van der Waals surface area contributed by atoms with Crippen LogP contribution in [-0.2, 0) is 11.2 Å². The summed E-state index contributed by atoms with van der Waals surface area (Å²) in [4.78, 5) is 25.7. The van der Waals surface area contributed by atoms with Crippen LogP contribution in [0, 0.1) is 0 Å². The first-order valence-electron chi connectivity index (χ1n) is 3.45. The maximum atomic E-state index is 10.9. The van der Waals surface area contributed by atoms with Gasteiger partial charge in [-0.2, -0.15) is 0 Å². The van der Waals surface area contributed by atoms with Crippen molar-refractivity contribution >= 4 is 34.6 Å². The van der Waals surface area contributed by atoms with Crippen LogP contribution in [0.3, 0.4) is 0 Å². The number of nitrogens with zero attached hydrogens (tertiary/aromatic N) is 1. The van der Waals surface area contributed by atoms with E-state index < -0.39 is 5.91 Å². The molecular formula is C7H7ClN2O2S. The highest BCUT2D eigenvalue weighted by Gasteiger charge is 2.13. The van der Waals surface area contributed by atoms with E-state index in [0.29, 0.717) is 9.88 Å². The lowest BCUT2D eigenvalue weighted by atomic mass is 10.4. The number of nitrogens with two attached hydrogens (primary N) is 1. The molecule has 70 valence electrons. The van der Waals surface area contributed by atoms with E-state index >= 15 is 0 Å². The molecule has 1 rings (SSSR count). The highest BCUT2D eigenvalue weighted by atomic mass is 35.5. The van der Waals surface area contributed by atoms with Gasteiger partial charge in [0.15, 0.2) is 10.9 Å². The maximum Gasteiger partial charge on any atom is 0.224 e. The lowest BCUT2D eigenvalue weighted by Crippen LogP contribution is -2.13. The van der Waals surface area contributed by atoms with Crippen LogP contribution >= 0.6 is 22.9 Å². The summed E-state index contributed by atoms with van der Waals surface area (Å²) in [6, 6.07) is 0. The highest BCUT2D eigenvalue weighted by Crippen LogP contribution is 2.23. The van der Waals surface area contributed by atoms with Gasteiger partial charge in [-0.3, -0.25) is 9.59 Å². The molecule has 0 atom stereocenters. The molecule has 0 saturated heterocycles. The minimum absolute atomic E-state index is 0.0255. The third-order valence-electron chi connectivity index (χ3n) is 1.28. The summed E-state index contributed by atoms with van der Waals surface area (Å²) in [5, 5.41) is 0.622. The smallest absolute Gasteiger partial charge is 0.224 e. The normalized spacial score (nSPS) is 10.0. The lowest BCUT2D eigenvalue weighted by Gasteiger charge is -1.86. The molecule has 13 heavy (non-hydrogen) atoms. The second-order valence-electron chi connectivity index (χ2n) is 2.43. The van der Waals surface area contributed by atoms with E-state index in [1.807, 2.05) is 0 Å². The topological polar surface area (TPSA) is 73.1 Å². The molecule has 0 saturated carbocycles. The van der Waals surface area contributed by atoms with Gasteiger partial charge in [-0.25, -0.2) is 4.98 Å². The van der Waals surface area contributed by atoms with Crippen LogP contribution < -0.4 is 5.73 Å². The molecule has 0 spiro atoms. The second-order valence-corrected chi connectivity index (χ2v) is 3.87. The van der Waals surface area contributed by atoms with E-state index in [0.717, 1.165) is 11.3 Å². The monoisotopic (exact) mass is 218 g/mol. The summed E-state index contributed by atoms with van der Waals surface area (Å²) in [6.07, 6.45) is 0.0255. The van der Waals surface area contributed by atoms with E-state index in [1.165, 1.54) is 6.92 Å². The van der Waals surface area contributed by atoms with Crippen molar-refractivity contribution in [3.05, 3.63) is 15.0 Å². The number of Topliss-reactive ketones (excluding diaryl/α,β-unsaturated/α-hetero) is 1. The van der Waals surface area contributed by atoms with Crippen LogP contribution in [0.25, 0.3) is 0 Å². The molecule has 6 heteroatoms. The maximum absolute atomic E-state index is 10.9. The Morgan fingerprint density at radius 3 is 2.62 bits per heavy atom. The van der Waals surface area contributed by atoms with Gasteiger partial charge in [0.05, 0.1) is 6.42 Å². The number of hydrogen-bond donors (Lipinski definition) is 1. The Morgan fingerprint density at radius 2 is 2.23 bits per heavy atom. The van der Waals surface area contributed by atoms with E-state index in [-0.39, 0.29) is 17.4 Å². The van der Waals surface area contributed by atoms with Crippen LogP contribution in [0.1, 0.15) is 21.6 Å². The molecular weight excluding hydrogens is 212 g/mol. The molecule has 1 aromatic rings. The van der Waals surface area contributed by atoms with Crippen molar-refractivity contribution in [2.75, 3.05) is 0 Å². The summed E-state index contributed by atoms with van der Waals surface area (Å²) in [6.45, 7) is 1.40. The first kappa shape index (κ1) is 10.1. The number of carbonyl (C=O) groups is 2. The van der Waals surface area contributed by atoms with E-state index in [2.05, 4.69) is 4.98 Å². The molecule has 1 amide bonds. The Balaban J connectivity index is 2.95. The number of halogens is 1. The van der Waals surface area contributed by atoms with Gasteiger partial charge in [0.25, 0.3) is 0 Å². The van der Waals surface area contributed by atoms with Crippen molar-refractivity contribution in [1.29, 1.82) is 0 Å². The standard InChI is InChI=1S/C7H7ClN2O2S/c1-3(11)6-7(8)10-5(13-6)2-4(9)12/h2H2,1H3,(H2,9,12). The first-order valence-corrected chi connectivity index (χ1v) is 4.64. The fourth-order valence-corrected chi connectivity index (χ4v) is 2.05. The van der Waals surface area contributed by atoms with Gasteiger partial charge in [0.2, 0.25) is 5.91 Å². The molecule has 2 N–H and O–H groups in total. The average Bonchev–Trinajstić information content (AvgIpc) is 2.29. The summed E-state index contributed by atoms with van der Waals surface area (Å²) >= 11 is 6.75. The molecule has 0 fully saturated rings. The van der Waals surface area contributed by atoms with Gasteiger partial charge < -0.3 is 5.73 Å². The zero-order chi connectivity index (χ0) is 10.0. The average molecular weight is 219 g/mol. The van der Waals surface area contributed by atoms with Gasteiger partial charge >= 0.3 is 0 Å². The molecule has 0 aliphatic carbocycles. The molecule has 4 nitrogen and oxygen atoms in total. The molecule has 0 aliphatic rings. The minimum atomic E-state index is -0.486. The number of primary amides is 1. The zero-order valence-corrected chi connectivity index (χ0v) is 8.41. The van der Waals surface area contributed by atoms with Gasteiger partial charge in [0, 0.05) is 6.92 Å². The molecule has 0 unspecified atom stereocenters. The van der Waals surface area contributed by atoms with Crippen LogP contribution in [-0.4, -0.2) is 16.7 Å². The number of rotatable bonds is 3. The van der Waals surface area contributed by atoms with Crippen LogP contribution in [0.15, 0.2) is 0 Å². The Kier molecular flexibility index (Phi) is 3.00. The second kappa shape index (κ2) is 3.85. The third kappa shape index (κ3) is 2.50. The van der Waals surface area contributed by atoms with Crippen molar-refractivity contribution in [2.45, 2.75) is 13.3 Å². The number of carbonyl (C=O) groups excluding carboxylic acids is 2. The summed E-state index contributed by atoms with van der Waals surface area (Å²) in [5.74, 6) is -0.640. The fourth-order valence-electron chi connectivity index (χ4n) is 0.785. The van der Waals surface area contributed by atoms with E-state index in [1.54, 1.807) is 0 Å². The predicted octanol–water partition coefficient (Wildman–Crippen LogP) is 1.03. The van der Waals surface area contributed by atoms with Crippen LogP contribution in [0.2, 0.25) is 5.15 Å². The number of hydrogen-bond acceptors (Lipinski definition) is 4. The largest absolute Gasteiger partial charge is 0.369 e. The SMILES string of the molecule is CC(=O)c1sc(CC(N)=O)nc1Cl. The number of amides is 1. The predicted molar refractivity (Wildman–Crippen MR) is 50.0 cm³/mol. The number of aromatic nitrogens is 1. The minimum Gasteiger partial charge on any atom is -0.369 e. The molecule has 0 aromatic carbocycles. The molecule has 0 radical (unpaired) electrons. The summed E-state index contributed by atoms with van der Waals surface area (Å²) < 4.78 is 0. The quantitative estimate of drug-likeness (QED) is 0.770. The van der Waals surface area contributed by atoms with Crippen molar-refractivity contribution in [1.82, 2.24) is 4.98 Å².